The van der Waals surface area contributed by atoms with Gasteiger partial charge in [0.25, 0.3) is 0 Å². The van der Waals surface area contributed by atoms with E-state index in [1.807, 2.05) is 50.4 Å². The molecule has 2 aromatic rings. The zero-order chi connectivity index (χ0) is 18.0. The lowest BCUT2D eigenvalue weighted by Crippen LogP contribution is -2.50. The topological polar surface area (TPSA) is 57.3 Å². The van der Waals surface area contributed by atoms with Gasteiger partial charge < -0.3 is 15.5 Å². The maximum Gasteiger partial charge on any atom is 0.315 e. The highest BCUT2D eigenvalue weighted by Crippen LogP contribution is 2.24. The second-order valence-electron chi connectivity index (χ2n) is 6.93. The van der Waals surface area contributed by atoms with Crippen molar-refractivity contribution < 1.29 is 4.79 Å². The molecule has 2 N–H and O–H groups in total. The molecule has 0 aliphatic carbocycles. The molecule has 1 atom stereocenters. The second-order valence-corrected chi connectivity index (χ2v) is 8.22. The van der Waals surface area contributed by atoms with E-state index in [4.69, 9.17) is 11.6 Å². The number of benzene rings is 1. The Morgan fingerprint density at radius 3 is 2.72 bits per heavy atom. The normalized spacial score (nSPS) is 17.6. The average molecular weight is 379 g/mol. The fourth-order valence-corrected chi connectivity index (χ4v) is 3.97. The summed E-state index contributed by atoms with van der Waals surface area (Å²) in [4.78, 5) is 19.1. The second kappa shape index (κ2) is 7.22. The molecule has 1 aromatic carbocycles. The molecule has 1 aromatic heterocycles. The van der Waals surface area contributed by atoms with Crippen molar-refractivity contribution in [2.45, 2.75) is 38.8 Å². The first kappa shape index (κ1) is 18.0. The minimum atomic E-state index is -0.489. The van der Waals surface area contributed by atoms with Crippen LogP contribution in [0.15, 0.2) is 29.6 Å². The van der Waals surface area contributed by atoms with Gasteiger partial charge in [-0.25, -0.2) is 9.78 Å². The summed E-state index contributed by atoms with van der Waals surface area (Å²) in [6, 6.07) is 7.79. The minimum absolute atomic E-state index is 0.129. The van der Waals surface area contributed by atoms with Crippen molar-refractivity contribution in [3.8, 4) is 0 Å². The van der Waals surface area contributed by atoms with E-state index in [-0.39, 0.29) is 12.1 Å². The van der Waals surface area contributed by atoms with Crippen LogP contribution >= 0.6 is 22.9 Å². The molecule has 1 unspecified atom stereocenters. The van der Waals surface area contributed by atoms with Crippen molar-refractivity contribution in [2.75, 3.05) is 18.0 Å². The Hall–Kier alpha value is -1.79. The van der Waals surface area contributed by atoms with Crippen LogP contribution in [-0.2, 0) is 5.54 Å². The minimum Gasteiger partial charge on any atom is -0.369 e. The highest BCUT2D eigenvalue weighted by molar-refractivity contribution is 7.09. The number of amides is 2. The van der Waals surface area contributed by atoms with Gasteiger partial charge in [0.15, 0.2) is 0 Å². The molecule has 1 aliphatic rings. The van der Waals surface area contributed by atoms with Crippen LogP contribution in [0.3, 0.4) is 0 Å². The third kappa shape index (κ3) is 4.44. The van der Waals surface area contributed by atoms with Crippen molar-refractivity contribution in [3.63, 3.8) is 0 Å². The number of carbonyl (C=O) groups is 1. The first-order chi connectivity index (χ1) is 11.8. The highest BCUT2D eigenvalue weighted by atomic mass is 35.5. The molecule has 5 nitrogen and oxygen atoms in total. The SMILES string of the molecule is Cc1csc(C(C)(C)NC(=O)NC2CCN(c3ccc(Cl)cc3)C2)n1. The van der Waals surface area contributed by atoms with Gasteiger partial charge >= 0.3 is 6.03 Å². The van der Waals surface area contributed by atoms with Crippen LogP contribution in [0, 0.1) is 6.92 Å². The number of hydrogen-bond acceptors (Lipinski definition) is 4. The summed E-state index contributed by atoms with van der Waals surface area (Å²) < 4.78 is 0. The Bertz CT molecular complexity index is 744. The standard InChI is InChI=1S/C18H23ClN4OS/c1-12-11-25-16(20-12)18(2,3)22-17(24)21-14-8-9-23(10-14)15-6-4-13(19)5-7-15/h4-7,11,14H,8-10H2,1-3H3,(H2,21,22,24). The molecule has 1 aliphatic heterocycles. The van der Waals surface area contributed by atoms with E-state index in [0.29, 0.717) is 0 Å². The van der Waals surface area contributed by atoms with E-state index < -0.39 is 5.54 Å². The fraction of sp³-hybridized carbons (Fsp3) is 0.444. The monoisotopic (exact) mass is 378 g/mol. The van der Waals surface area contributed by atoms with Crippen molar-refractivity contribution in [2.24, 2.45) is 0 Å². The molecule has 0 spiro atoms. The van der Waals surface area contributed by atoms with Gasteiger partial charge in [-0.3, -0.25) is 0 Å². The molecule has 1 fully saturated rings. The molecular formula is C18H23ClN4OS. The largest absolute Gasteiger partial charge is 0.369 e. The summed E-state index contributed by atoms with van der Waals surface area (Å²) in [5.41, 5.74) is 1.62. The van der Waals surface area contributed by atoms with Gasteiger partial charge in [-0.15, -0.1) is 11.3 Å². The summed E-state index contributed by atoms with van der Waals surface area (Å²) in [6.45, 7) is 7.62. The van der Waals surface area contributed by atoms with Crippen LogP contribution in [0.25, 0.3) is 0 Å². The van der Waals surface area contributed by atoms with Crippen LogP contribution in [0.2, 0.25) is 5.02 Å². The number of nitrogens with one attached hydrogen (secondary N) is 2. The number of carbonyl (C=O) groups excluding carboxylic acids is 1. The molecule has 2 amide bonds. The Kier molecular flexibility index (Phi) is 5.20. The smallest absolute Gasteiger partial charge is 0.315 e. The number of urea groups is 1. The Labute approximate surface area is 157 Å². The lowest BCUT2D eigenvalue weighted by molar-refractivity contribution is 0.227. The molecule has 0 bridgehead atoms. The lowest BCUT2D eigenvalue weighted by Gasteiger charge is -2.25. The van der Waals surface area contributed by atoms with Gasteiger partial charge in [0.05, 0.1) is 5.54 Å². The van der Waals surface area contributed by atoms with Crippen LogP contribution in [0.4, 0.5) is 10.5 Å². The average Bonchev–Trinajstić information content (AvgIpc) is 3.17. The number of rotatable bonds is 4. The van der Waals surface area contributed by atoms with E-state index in [9.17, 15) is 4.79 Å². The Morgan fingerprint density at radius 2 is 2.08 bits per heavy atom. The zero-order valence-electron chi connectivity index (χ0n) is 14.7. The first-order valence-corrected chi connectivity index (χ1v) is 9.61. The summed E-state index contributed by atoms with van der Waals surface area (Å²) in [5, 5.41) is 9.76. The fourth-order valence-electron chi connectivity index (χ4n) is 2.96. The highest BCUT2D eigenvalue weighted by Gasteiger charge is 2.29. The third-order valence-electron chi connectivity index (χ3n) is 4.29. The van der Waals surface area contributed by atoms with Crippen molar-refractivity contribution in [3.05, 3.63) is 45.4 Å². The van der Waals surface area contributed by atoms with E-state index in [2.05, 4.69) is 20.5 Å². The molecule has 3 rings (SSSR count). The van der Waals surface area contributed by atoms with Crippen LogP contribution in [0.1, 0.15) is 31.0 Å². The number of aromatic nitrogens is 1. The number of halogens is 1. The van der Waals surface area contributed by atoms with Crippen molar-refractivity contribution in [1.29, 1.82) is 0 Å². The van der Waals surface area contributed by atoms with Gasteiger partial charge in [-0.05, 0) is 51.5 Å². The number of nitrogens with zero attached hydrogens (tertiary/aromatic N) is 2. The molecular weight excluding hydrogens is 356 g/mol. The van der Waals surface area contributed by atoms with E-state index in [1.165, 1.54) is 0 Å². The Balaban J connectivity index is 1.54. The van der Waals surface area contributed by atoms with Crippen molar-refractivity contribution >= 4 is 34.7 Å². The van der Waals surface area contributed by atoms with Crippen molar-refractivity contribution in [1.82, 2.24) is 15.6 Å². The number of hydrogen-bond donors (Lipinski definition) is 2. The summed E-state index contributed by atoms with van der Waals surface area (Å²) >= 11 is 7.51. The molecule has 0 saturated carbocycles. The van der Waals surface area contributed by atoms with Gasteiger partial charge in [0.1, 0.15) is 5.01 Å². The van der Waals surface area contributed by atoms with E-state index in [0.717, 1.165) is 40.9 Å². The molecule has 1 saturated heterocycles. The predicted molar refractivity (Wildman–Crippen MR) is 104 cm³/mol. The number of aryl methyl sites for hydroxylation is 1. The number of thiazole rings is 1. The van der Waals surface area contributed by atoms with Gasteiger partial charge in [0, 0.05) is 40.9 Å². The third-order valence-corrected chi connectivity index (χ3v) is 5.83. The predicted octanol–water partition coefficient (Wildman–Crippen LogP) is 3.92. The van der Waals surface area contributed by atoms with E-state index >= 15 is 0 Å². The zero-order valence-corrected chi connectivity index (χ0v) is 16.2. The quantitative estimate of drug-likeness (QED) is 0.847. The molecule has 7 heteroatoms. The summed E-state index contributed by atoms with van der Waals surface area (Å²) in [6.07, 6.45) is 0.923. The van der Waals surface area contributed by atoms with Crippen LogP contribution < -0.4 is 15.5 Å². The summed E-state index contributed by atoms with van der Waals surface area (Å²) in [7, 11) is 0. The summed E-state index contributed by atoms with van der Waals surface area (Å²) in [5.74, 6) is 0. The van der Waals surface area contributed by atoms with Gasteiger partial charge in [-0.2, -0.15) is 0 Å². The first-order valence-electron chi connectivity index (χ1n) is 8.35. The molecule has 25 heavy (non-hydrogen) atoms. The van der Waals surface area contributed by atoms with E-state index in [1.54, 1.807) is 11.3 Å². The lowest BCUT2D eigenvalue weighted by atomic mass is 10.1. The molecule has 0 radical (unpaired) electrons. The molecule has 2 heterocycles. The number of anilines is 1. The van der Waals surface area contributed by atoms with Crippen LogP contribution in [-0.4, -0.2) is 30.1 Å². The maximum absolute atomic E-state index is 12.4. The van der Waals surface area contributed by atoms with Crippen LogP contribution in [0.5, 0.6) is 0 Å². The van der Waals surface area contributed by atoms with Gasteiger partial charge in [-0.1, -0.05) is 11.6 Å². The van der Waals surface area contributed by atoms with Gasteiger partial charge in [0.2, 0.25) is 0 Å². The maximum atomic E-state index is 12.4. The Morgan fingerprint density at radius 1 is 1.36 bits per heavy atom. The molecule has 134 valence electrons.